The van der Waals surface area contributed by atoms with Crippen molar-refractivity contribution < 1.29 is 19.1 Å². The molecule has 0 saturated carbocycles. The van der Waals surface area contributed by atoms with Gasteiger partial charge in [-0.25, -0.2) is 0 Å². The third kappa shape index (κ3) is 4.42. The molecule has 1 saturated heterocycles. The second-order valence-electron chi connectivity index (χ2n) is 6.27. The second kappa shape index (κ2) is 8.52. The van der Waals surface area contributed by atoms with E-state index in [2.05, 4.69) is 0 Å². The van der Waals surface area contributed by atoms with Crippen LogP contribution in [0.4, 0.5) is 0 Å². The van der Waals surface area contributed by atoms with Crippen molar-refractivity contribution in [2.24, 2.45) is 5.92 Å². The smallest absolute Gasteiger partial charge is 0.318 e. The number of hydrogen-bond acceptors (Lipinski definition) is 4. The van der Waals surface area contributed by atoms with Crippen molar-refractivity contribution in [3.05, 3.63) is 60.2 Å². The first kappa shape index (κ1) is 18.0. The van der Waals surface area contributed by atoms with Gasteiger partial charge in [0.25, 0.3) is 0 Å². The summed E-state index contributed by atoms with van der Waals surface area (Å²) in [6, 6.07) is 17.2. The molecule has 2 aromatic rings. The first-order chi connectivity index (χ1) is 12.7. The van der Waals surface area contributed by atoms with E-state index in [1.54, 1.807) is 11.8 Å². The summed E-state index contributed by atoms with van der Waals surface area (Å²) < 4.78 is 10.9. The van der Waals surface area contributed by atoms with Crippen LogP contribution < -0.4 is 4.74 Å². The molecule has 1 aliphatic heterocycles. The van der Waals surface area contributed by atoms with Crippen LogP contribution in [-0.4, -0.2) is 29.9 Å². The summed E-state index contributed by atoms with van der Waals surface area (Å²) in [6.45, 7) is 3.15. The van der Waals surface area contributed by atoms with E-state index < -0.39 is 11.9 Å². The molecular formula is C21H23NO4. The van der Waals surface area contributed by atoms with Crippen LogP contribution in [0.25, 0.3) is 0 Å². The van der Waals surface area contributed by atoms with E-state index in [4.69, 9.17) is 9.47 Å². The number of likely N-dealkylation sites (tertiary alicyclic amines) is 1. The molecule has 26 heavy (non-hydrogen) atoms. The molecule has 1 aliphatic rings. The lowest BCUT2D eigenvalue weighted by Crippen LogP contribution is -2.44. The maximum atomic E-state index is 12.6. The van der Waals surface area contributed by atoms with E-state index in [0.29, 0.717) is 26.1 Å². The molecule has 0 bridgehead atoms. The van der Waals surface area contributed by atoms with Gasteiger partial charge in [-0.15, -0.1) is 0 Å². The molecule has 0 aromatic heterocycles. The minimum atomic E-state index is -0.674. The number of carbonyl (C=O) groups is 2. The van der Waals surface area contributed by atoms with Crippen molar-refractivity contribution in [2.45, 2.75) is 26.3 Å². The largest absolute Gasteiger partial charge is 0.465 e. The highest BCUT2D eigenvalue weighted by atomic mass is 16.5. The lowest BCUT2D eigenvalue weighted by molar-refractivity contribution is -0.158. The summed E-state index contributed by atoms with van der Waals surface area (Å²) in [6.07, 6.45) is 1.36. The van der Waals surface area contributed by atoms with E-state index >= 15 is 0 Å². The zero-order valence-electron chi connectivity index (χ0n) is 14.9. The average molecular weight is 353 g/mol. The molecule has 1 fully saturated rings. The van der Waals surface area contributed by atoms with Gasteiger partial charge in [0.15, 0.2) is 0 Å². The van der Waals surface area contributed by atoms with Crippen LogP contribution in [0.15, 0.2) is 54.6 Å². The van der Waals surface area contributed by atoms with Crippen molar-refractivity contribution in [1.82, 2.24) is 4.90 Å². The SMILES string of the molecule is CCOC(=O)[C@H]1CCCN(Cc2cccc(Oc3ccccc3)c2)C1=O. The molecule has 5 nitrogen and oxygen atoms in total. The van der Waals surface area contributed by atoms with Crippen molar-refractivity contribution >= 4 is 11.9 Å². The molecule has 1 amide bonds. The molecule has 0 N–H and O–H groups in total. The quantitative estimate of drug-likeness (QED) is 0.586. The number of piperidine rings is 1. The summed E-state index contributed by atoms with van der Waals surface area (Å²) >= 11 is 0. The van der Waals surface area contributed by atoms with Crippen molar-refractivity contribution in [2.75, 3.05) is 13.2 Å². The van der Waals surface area contributed by atoms with E-state index in [1.165, 1.54) is 0 Å². The summed E-state index contributed by atoms with van der Waals surface area (Å²) in [4.78, 5) is 26.3. The molecular weight excluding hydrogens is 330 g/mol. The fourth-order valence-corrected chi connectivity index (χ4v) is 3.11. The molecule has 3 rings (SSSR count). The highest BCUT2D eigenvalue weighted by molar-refractivity contribution is 5.98. The number of para-hydroxylation sites is 1. The highest BCUT2D eigenvalue weighted by Crippen LogP contribution is 2.25. The topological polar surface area (TPSA) is 55.8 Å². The Morgan fingerprint density at radius 2 is 1.88 bits per heavy atom. The lowest BCUT2D eigenvalue weighted by atomic mass is 9.96. The Bertz CT molecular complexity index is 760. The van der Waals surface area contributed by atoms with Crippen molar-refractivity contribution in [3.63, 3.8) is 0 Å². The van der Waals surface area contributed by atoms with Crippen LogP contribution in [-0.2, 0) is 20.9 Å². The molecule has 0 radical (unpaired) electrons. The van der Waals surface area contributed by atoms with Gasteiger partial charge in [0.1, 0.15) is 17.4 Å². The first-order valence-electron chi connectivity index (χ1n) is 8.94. The van der Waals surface area contributed by atoms with Gasteiger partial charge in [-0.2, -0.15) is 0 Å². The number of benzene rings is 2. The Morgan fingerprint density at radius 1 is 1.12 bits per heavy atom. The Labute approximate surface area is 153 Å². The molecule has 0 unspecified atom stereocenters. The minimum absolute atomic E-state index is 0.149. The predicted octanol–water partition coefficient (Wildman–Crippen LogP) is 3.78. The Morgan fingerprint density at radius 3 is 2.65 bits per heavy atom. The number of nitrogens with zero attached hydrogens (tertiary/aromatic N) is 1. The van der Waals surface area contributed by atoms with Crippen LogP contribution in [0.1, 0.15) is 25.3 Å². The lowest BCUT2D eigenvalue weighted by Gasteiger charge is -2.31. The minimum Gasteiger partial charge on any atom is -0.465 e. The van der Waals surface area contributed by atoms with Crippen LogP contribution in [0, 0.1) is 5.92 Å². The molecule has 136 valence electrons. The predicted molar refractivity (Wildman–Crippen MR) is 97.7 cm³/mol. The van der Waals surface area contributed by atoms with Crippen LogP contribution >= 0.6 is 0 Å². The third-order valence-electron chi connectivity index (χ3n) is 4.35. The van der Waals surface area contributed by atoms with Gasteiger partial charge in [-0.1, -0.05) is 30.3 Å². The van der Waals surface area contributed by atoms with Gasteiger partial charge >= 0.3 is 5.97 Å². The van der Waals surface area contributed by atoms with Crippen molar-refractivity contribution in [1.29, 1.82) is 0 Å². The summed E-state index contributed by atoms with van der Waals surface area (Å²) in [5.74, 6) is 0.251. The highest BCUT2D eigenvalue weighted by Gasteiger charge is 2.35. The monoisotopic (exact) mass is 353 g/mol. The molecule has 0 aliphatic carbocycles. The van der Waals surface area contributed by atoms with Gasteiger partial charge < -0.3 is 14.4 Å². The number of carbonyl (C=O) groups excluding carboxylic acids is 2. The molecule has 0 spiro atoms. The zero-order valence-corrected chi connectivity index (χ0v) is 14.9. The van der Waals surface area contributed by atoms with Gasteiger partial charge in [-0.3, -0.25) is 9.59 Å². The molecule has 1 heterocycles. The van der Waals surface area contributed by atoms with Crippen molar-refractivity contribution in [3.8, 4) is 11.5 Å². The average Bonchev–Trinajstić information content (AvgIpc) is 2.65. The Kier molecular flexibility index (Phi) is 5.89. The Balaban J connectivity index is 1.67. The summed E-state index contributed by atoms with van der Waals surface area (Å²) in [7, 11) is 0. The number of hydrogen-bond donors (Lipinski definition) is 0. The first-order valence-corrected chi connectivity index (χ1v) is 8.94. The van der Waals surface area contributed by atoms with Crippen LogP contribution in [0.3, 0.4) is 0 Å². The van der Waals surface area contributed by atoms with E-state index in [0.717, 1.165) is 23.5 Å². The fourth-order valence-electron chi connectivity index (χ4n) is 3.11. The molecule has 1 atom stereocenters. The Hall–Kier alpha value is -2.82. The van der Waals surface area contributed by atoms with E-state index in [-0.39, 0.29) is 5.91 Å². The third-order valence-corrected chi connectivity index (χ3v) is 4.35. The zero-order chi connectivity index (χ0) is 18.4. The van der Waals surface area contributed by atoms with Gasteiger partial charge in [0, 0.05) is 13.1 Å². The molecule has 5 heteroatoms. The maximum Gasteiger partial charge on any atom is 0.318 e. The second-order valence-corrected chi connectivity index (χ2v) is 6.27. The standard InChI is InChI=1S/C21H23NO4/c1-2-25-21(24)19-12-7-13-22(20(19)23)15-16-8-6-11-18(14-16)26-17-9-4-3-5-10-17/h3-6,8-11,14,19H,2,7,12-13,15H2,1H3/t19-/m0/s1. The van der Waals surface area contributed by atoms with Crippen LogP contribution in [0.5, 0.6) is 11.5 Å². The van der Waals surface area contributed by atoms with Gasteiger partial charge in [0.2, 0.25) is 5.91 Å². The van der Waals surface area contributed by atoms with Gasteiger partial charge in [-0.05, 0) is 49.6 Å². The fraction of sp³-hybridized carbons (Fsp3) is 0.333. The maximum absolute atomic E-state index is 12.6. The number of ether oxygens (including phenoxy) is 2. The number of amides is 1. The molecule has 2 aromatic carbocycles. The van der Waals surface area contributed by atoms with E-state index in [9.17, 15) is 9.59 Å². The summed E-state index contributed by atoms with van der Waals surface area (Å²) in [5.41, 5.74) is 0.969. The van der Waals surface area contributed by atoms with Crippen LogP contribution in [0.2, 0.25) is 0 Å². The van der Waals surface area contributed by atoms with E-state index in [1.807, 2.05) is 54.6 Å². The van der Waals surface area contributed by atoms with Gasteiger partial charge in [0.05, 0.1) is 6.61 Å². The summed E-state index contributed by atoms with van der Waals surface area (Å²) in [5, 5.41) is 0. The normalized spacial score (nSPS) is 17.0. The number of esters is 1. The number of rotatable bonds is 6.